The van der Waals surface area contributed by atoms with Gasteiger partial charge >= 0.3 is 0 Å². The van der Waals surface area contributed by atoms with E-state index in [0.29, 0.717) is 49.8 Å². The minimum atomic E-state index is -0.478. The van der Waals surface area contributed by atoms with Gasteiger partial charge in [-0.1, -0.05) is 11.6 Å². The first-order valence-corrected chi connectivity index (χ1v) is 11.0. The monoisotopic (exact) mass is 437 g/mol. The number of benzene rings is 1. The van der Waals surface area contributed by atoms with Crippen molar-refractivity contribution < 1.29 is 19.4 Å². The molecule has 8 heteroatoms. The van der Waals surface area contributed by atoms with E-state index in [4.69, 9.17) is 16.3 Å². The molecule has 0 aromatic heterocycles. The molecule has 0 saturated carbocycles. The number of likely N-dealkylation sites (tertiary alicyclic amines) is 1. The van der Waals surface area contributed by atoms with Crippen LogP contribution in [0.1, 0.15) is 30.9 Å². The maximum Gasteiger partial charge on any atom is 0.260 e. The van der Waals surface area contributed by atoms with Crippen LogP contribution in [0.25, 0.3) is 0 Å². The van der Waals surface area contributed by atoms with Crippen LogP contribution in [-0.4, -0.2) is 89.6 Å². The van der Waals surface area contributed by atoms with Gasteiger partial charge in [-0.3, -0.25) is 14.5 Å². The zero-order valence-electron chi connectivity index (χ0n) is 18.1. The summed E-state index contributed by atoms with van der Waals surface area (Å²) < 4.78 is 5.72. The Hall–Kier alpha value is -1.83. The van der Waals surface area contributed by atoms with E-state index in [2.05, 4.69) is 4.90 Å². The standard InChI is InChI=1S/C22H32ClN3O4/c1-15-12-18(13-16(2)22(15)23)30-14-21(29)26-6-4-19(20(28)5-7-26)25-10-8-24(9-11-25)17(3)27/h12-13,19-20,28H,4-11,14H2,1-3H3/t19-,20-/m0/s1. The van der Waals surface area contributed by atoms with Gasteiger partial charge in [-0.2, -0.15) is 0 Å². The van der Waals surface area contributed by atoms with E-state index in [9.17, 15) is 14.7 Å². The second kappa shape index (κ2) is 9.98. The van der Waals surface area contributed by atoms with E-state index in [1.54, 1.807) is 11.8 Å². The third-order valence-corrected chi connectivity index (χ3v) is 6.78. The zero-order chi connectivity index (χ0) is 21.8. The molecule has 2 aliphatic rings. The Morgan fingerprint density at radius 3 is 2.23 bits per heavy atom. The van der Waals surface area contributed by atoms with Crippen molar-refractivity contribution in [3.63, 3.8) is 0 Å². The molecule has 0 aliphatic carbocycles. The van der Waals surface area contributed by atoms with Crippen LogP contribution in [0, 0.1) is 13.8 Å². The predicted octanol–water partition coefficient (Wildman–Crippen LogP) is 1.85. The zero-order valence-corrected chi connectivity index (χ0v) is 18.8. The molecular weight excluding hydrogens is 406 g/mol. The Morgan fingerprint density at radius 2 is 1.63 bits per heavy atom. The quantitative estimate of drug-likeness (QED) is 0.778. The lowest BCUT2D eigenvalue weighted by Gasteiger charge is -2.40. The lowest BCUT2D eigenvalue weighted by Crippen LogP contribution is -2.54. The van der Waals surface area contributed by atoms with Crippen LogP contribution in [-0.2, 0) is 9.59 Å². The third kappa shape index (κ3) is 5.45. The normalized spacial score (nSPS) is 23.2. The summed E-state index contributed by atoms with van der Waals surface area (Å²) in [5.74, 6) is 0.659. The largest absolute Gasteiger partial charge is 0.484 e. The van der Waals surface area contributed by atoms with Crippen molar-refractivity contribution in [2.24, 2.45) is 0 Å². The van der Waals surface area contributed by atoms with Gasteiger partial charge in [-0.25, -0.2) is 0 Å². The smallest absolute Gasteiger partial charge is 0.260 e. The van der Waals surface area contributed by atoms with Crippen molar-refractivity contribution in [2.75, 3.05) is 45.9 Å². The van der Waals surface area contributed by atoms with Crippen molar-refractivity contribution in [1.29, 1.82) is 0 Å². The molecule has 7 nitrogen and oxygen atoms in total. The van der Waals surface area contributed by atoms with Gasteiger partial charge in [0.1, 0.15) is 5.75 Å². The van der Waals surface area contributed by atoms with Gasteiger partial charge in [0.15, 0.2) is 6.61 Å². The van der Waals surface area contributed by atoms with Crippen LogP contribution < -0.4 is 4.74 Å². The molecule has 2 heterocycles. The molecule has 2 atom stereocenters. The highest BCUT2D eigenvalue weighted by Crippen LogP contribution is 2.26. The van der Waals surface area contributed by atoms with Crippen molar-refractivity contribution in [1.82, 2.24) is 14.7 Å². The molecule has 0 unspecified atom stereocenters. The average molecular weight is 438 g/mol. The van der Waals surface area contributed by atoms with Gasteiger partial charge in [-0.05, 0) is 49.9 Å². The lowest BCUT2D eigenvalue weighted by atomic mass is 10.0. The number of piperazine rings is 1. The summed E-state index contributed by atoms with van der Waals surface area (Å²) in [6.07, 6.45) is 0.781. The fourth-order valence-corrected chi connectivity index (χ4v) is 4.45. The molecule has 2 fully saturated rings. The molecule has 1 aromatic carbocycles. The summed E-state index contributed by atoms with van der Waals surface area (Å²) >= 11 is 6.19. The molecule has 0 bridgehead atoms. The number of nitrogens with zero attached hydrogens (tertiary/aromatic N) is 3. The number of aryl methyl sites for hydroxylation is 2. The fraction of sp³-hybridized carbons (Fsp3) is 0.636. The molecule has 166 valence electrons. The highest BCUT2D eigenvalue weighted by molar-refractivity contribution is 6.32. The predicted molar refractivity (Wildman–Crippen MR) is 116 cm³/mol. The highest BCUT2D eigenvalue weighted by atomic mass is 35.5. The first kappa shape index (κ1) is 22.8. The van der Waals surface area contributed by atoms with Gasteiger partial charge in [0.05, 0.1) is 6.10 Å². The summed E-state index contributed by atoms with van der Waals surface area (Å²) in [4.78, 5) is 30.1. The summed E-state index contributed by atoms with van der Waals surface area (Å²) in [5, 5.41) is 11.4. The maximum atomic E-state index is 12.7. The van der Waals surface area contributed by atoms with Gasteiger partial charge < -0.3 is 19.6 Å². The van der Waals surface area contributed by atoms with Crippen molar-refractivity contribution in [2.45, 2.75) is 45.8 Å². The summed E-state index contributed by atoms with van der Waals surface area (Å²) in [5.41, 5.74) is 1.84. The number of ether oxygens (including phenoxy) is 1. The summed E-state index contributed by atoms with van der Waals surface area (Å²) in [6.45, 7) is 9.40. The molecule has 0 radical (unpaired) electrons. The van der Waals surface area contributed by atoms with E-state index in [-0.39, 0.29) is 24.5 Å². The average Bonchev–Trinajstić information content (AvgIpc) is 2.92. The molecular formula is C22H32ClN3O4. The Kier molecular flexibility index (Phi) is 7.60. The molecule has 1 aromatic rings. The maximum absolute atomic E-state index is 12.7. The molecule has 1 N–H and O–H groups in total. The van der Waals surface area contributed by atoms with E-state index in [1.807, 2.05) is 30.9 Å². The highest BCUT2D eigenvalue weighted by Gasteiger charge is 2.33. The number of amides is 2. The van der Waals surface area contributed by atoms with Crippen molar-refractivity contribution in [3.05, 3.63) is 28.3 Å². The van der Waals surface area contributed by atoms with Crippen LogP contribution in [0.15, 0.2) is 12.1 Å². The Morgan fingerprint density at radius 1 is 1.03 bits per heavy atom. The number of rotatable bonds is 4. The van der Waals surface area contributed by atoms with Crippen LogP contribution in [0.4, 0.5) is 0 Å². The minimum absolute atomic E-state index is 0.0133. The molecule has 2 amide bonds. The minimum Gasteiger partial charge on any atom is -0.484 e. The van der Waals surface area contributed by atoms with Crippen molar-refractivity contribution in [3.8, 4) is 5.75 Å². The number of carbonyl (C=O) groups is 2. The van der Waals surface area contributed by atoms with E-state index < -0.39 is 6.10 Å². The lowest BCUT2D eigenvalue weighted by molar-refractivity contribution is -0.133. The number of hydrogen-bond acceptors (Lipinski definition) is 5. The molecule has 2 aliphatic heterocycles. The Labute approximate surface area is 183 Å². The molecule has 30 heavy (non-hydrogen) atoms. The second-order valence-electron chi connectivity index (χ2n) is 8.29. The SMILES string of the molecule is CC(=O)N1CCN([C@H]2CCN(C(=O)COc3cc(C)c(Cl)c(C)c3)CC[C@@H]2O)CC1. The molecule has 0 spiro atoms. The summed E-state index contributed by atoms with van der Waals surface area (Å²) in [6, 6.07) is 3.69. The topological polar surface area (TPSA) is 73.3 Å². The number of carbonyl (C=O) groups excluding carboxylic acids is 2. The van der Waals surface area contributed by atoms with E-state index in [0.717, 1.165) is 24.2 Å². The molecule has 3 rings (SSSR count). The first-order valence-electron chi connectivity index (χ1n) is 10.6. The second-order valence-corrected chi connectivity index (χ2v) is 8.67. The van der Waals surface area contributed by atoms with Crippen molar-refractivity contribution >= 4 is 23.4 Å². The van der Waals surface area contributed by atoms with E-state index in [1.165, 1.54) is 0 Å². The van der Waals surface area contributed by atoms with Gasteiger partial charge in [0.2, 0.25) is 5.91 Å². The van der Waals surface area contributed by atoms with E-state index >= 15 is 0 Å². The first-order chi connectivity index (χ1) is 14.3. The van der Waals surface area contributed by atoms with Crippen LogP contribution in [0.2, 0.25) is 5.02 Å². The Balaban J connectivity index is 1.52. The summed E-state index contributed by atoms with van der Waals surface area (Å²) in [7, 11) is 0. The van der Waals surface area contributed by atoms with Crippen LogP contribution >= 0.6 is 11.6 Å². The van der Waals surface area contributed by atoms with Gasteiger partial charge in [0, 0.05) is 57.3 Å². The number of hydrogen-bond donors (Lipinski definition) is 1. The third-order valence-electron chi connectivity index (χ3n) is 6.19. The fourth-order valence-electron chi connectivity index (χ4n) is 4.34. The van der Waals surface area contributed by atoms with Crippen LogP contribution in [0.3, 0.4) is 0 Å². The Bertz CT molecular complexity index is 757. The van der Waals surface area contributed by atoms with Gasteiger partial charge in [-0.15, -0.1) is 0 Å². The molecule has 2 saturated heterocycles. The number of halogens is 1. The van der Waals surface area contributed by atoms with Crippen LogP contribution in [0.5, 0.6) is 5.75 Å². The van der Waals surface area contributed by atoms with Gasteiger partial charge in [0.25, 0.3) is 5.91 Å². The number of aliphatic hydroxyl groups is 1. The number of aliphatic hydroxyl groups excluding tert-OH is 1.